The summed E-state index contributed by atoms with van der Waals surface area (Å²) in [6.45, 7) is 14.8. The van der Waals surface area contributed by atoms with Gasteiger partial charge in [-0.05, 0) is 73.9 Å². The van der Waals surface area contributed by atoms with Crippen LogP contribution in [0.3, 0.4) is 0 Å². The van der Waals surface area contributed by atoms with Crippen molar-refractivity contribution in [1.29, 1.82) is 0 Å². The first-order valence-electron chi connectivity index (χ1n) is 20.8. The lowest BCUT2D eigenvalue weighted by Gasteiger charge is -2.47. The maximum atomic E-state index is 14.7. The number of Topliss-reactive ketones (excluding diaryl/α,β-unsaturated/α-hetero) is 2. The van der Waals surface area contributed by atoms with Crippen LogP contribution in [0.2, 0.25) is 0 Å². The maximum Gasteiger partial charge on any atom is 0.410 e. The number of methoxy groups -OCH3 is 1. The van der Waals surface area contributed by atoms with Crippen LogP contribution < -0.4 is 0 Å². The Balaban J connectivity index is 1.43. The summed E-state index contributed by atoms with van der Waals surface area (Å²) >= 11 is 0. The number of carbonyl (C=O) groups excluding carboxylic acids is 4. The Morgan fingerprint density at radius 3 is 2.28 bits per heavy atom. The van der Waals surface area contributed by atoms with Gasteiger partial charge in [0.2, 0.25) is 0 Å². The van der Waals surface area contributed by atoms with E-state index in [2.05, 4.69) is 10.1 Å². The molecule has 15 nitrogen and oxygen atoms in total. The number of benzene rings is 1. The number of rotatable bonds is 11. The van der Waals surface area contributed by atoms with Crippen LogP contribution in [0, 0.1) is 23.7 Å². The van der Waals surface area contributed by atoms with E-state index < -0.39 is 83.4 Å². The second kappa shape index (κ2) is 18.7. The molecule has 15 heteroatoms. The molecule has 1 amide bonds. The van der Waals surface area contributed by atoms with Crippen LogP contribution in [0.15, 0.2) is 36.7 Å². The number of fused-ring (bicyclic) bond motifs is 1. The summed E-state index contributed by atoms with van der Waals surface area (Å²) in [5.74, 6) is -4.35. The molecule has 322 valence electrons. The first-order chi connectivity index (χ1) is 27.4. The quantitative estimate of drug-likeness (QED) is 0.184. The number of carbonyl (C=O) groups is 4. The zero-order valence-electron chi connectivity index (χ0n) is 36.1. The van der Waals surface area contributed by atoms with Crippen LogP contribution in [0.4, 0.5) is 4.79 Å². The van der Waals surface area contributed by atoms with Crippen LogP contribution >= 0.6 is 0 Å². The van der Waals surface area contributed by atoms with Crippen LogP contribution in [0.1, 0.15) is 87.5 Å². The normalized spacial score (nSPS) is 36.7. The third-order valence-corrected chi connectivity index (χ3v) is 12.8. The van der Waals surface area contributed by atoms with Crippen molar-refractivity contribution in [2.75, 3.05) is 27.7 Å². The zero-order chi connectivity index (χ0) is 42.7. The zero-order valence-corrected chi connectivity index (χ0v) is 36.1. The summed E-state index contributed by atoms with van der Waals surface area (Å²) in [4.78, 5) is 64.8. The number of esters is 1. The van der Waals surface area contributed by atoms with Crippen LogP contribution in [0.5, 0.6) is 0 Å². The molecule has 1 aromatic carbocycles. The molecule has 3 saturated heterocycles. The first-order valence-corrected chi connectivity index (χ1v) is 20.8. The molecule has 0 radical (unpaired) electrons. The van der Waals surface area contributed by atoms with Crippen molar-refractivity contribution in [3.8, 4) is 11.4 Å². The lowest BCUT2D eigenvalue weighted by molar-refractivity contribution is -0.295. The molecule has 0 spiro atoms. The third kappa shape index (κ3) is 9.33. The molecule has 1 unspecified atom stereocenters. The second-order valence-electron chi connectivity index (χ2n) is 17.3. The van der Waals surface area contributed by atoms with Crippen molar-refractivity contribution in [2.45, 2.75) is 148 Å². The van der Waals surface area contributed by atoms with E-state index in [0.717, 1.165) is 5.56 Å². The molecule has 3 fully saturated rings. The topological polar surface area (TPSA) is 172 Å². The van der Waals surface area contributed by atoms with Crippen molar-refractivity contribution in [1.82, 2.24) is 24.6 Å². The molecule has 1 N–H and O–H groups in total. The van der Waals surface area contributed by atoms with E-state index in [4.69, 9.17) is 23.7 Å². The Labute approximate surface area is 343 Å². The molecule has 2 aromatic rings. The summed E-state index contributed by atoms with van der Waals surface area (Å²) in [6, 6.07) is 8.62. The van der Waals surface area contributed by atoms with Crippen molar-refractivity contribution in [3.05, 3.63) is 36.7 Å². The third-order valence-electron chi connectivity index (χ3n) is 12.8. The van der Waals surface area contributed by atoms with E-state index in [1.165, 1.54) is 14.0 Å². The second-order valence-corrected chi connectivity index (χ2v) is 17.3. The van der Waals surface area contributed by atoms with Crippen LogP contribution in [-0.2, 0) is 44.6 Å². The minimum atomic E-state index is -1.41. The molecule has 0 bridgehead atoms. The number of aliphatic hydroxyl groups excluding tert-OH is 1. The van der Waals surface area contributed by atoms with Crippen molar-refractivity contribution >= 4 is 23.6 Å². The van der Waals surface area contributed by atoms with Gasteiger partial charge in [0.1, 0.15) is 30.2 Å². The predicted octanol–water partition coefficient (Wildman–Crippen LogP) is 4.93. The monoisotopic (exact) mass is 811 g/mol. The average molecular weight is 812 g/mol. The summed E-state index contributed by atoms with van der Waals surface area (Å²) < 4.78 is 33.0. The van der Waals surface area contributed by atoms with Gasteiger partial charge in [-0.2, -0.15) is 5.10 Å². The molecule has 3 aliphatic heterocycles. The number of unbranched alkanes of at least 4 members (excludes halogenated alkanes) is 1. The molecular weight excluding hydrogens is 746 g/mol. The highest BCUT2D eigenvalue weighted by Crippen LogP contribution is 2.43. The number of likely N-dealkylation sites (N-methyl/N-ethyl adjacent to an activating group) is 1. The number of aromatic nitrogens is 3. The lowest BCUT2D eigenvalue weighted by atomic mass is 9.73. The van der Waals surface area contributed by atoms with Gasteiger partial charge in [0.25, 0.3) is 0 Å². The predicted molar refractivity (Wildman–Crippen MR) is 214 cm³/mol. The molecule has 0 saturated carbocycles. The van der Waals surface area contributed by atoms with Gasteiger partial charge in [-0.15, -0.1) is 0 Å². The molecule has 4 heterocycles. The maximum absolute atomic E-state index is 14.7. The Kier molecular flexibility index (Phi) is 14.6. The number of nitrogens with zero attached hydrogens (tertiary/aromatic N) is 5. The molecule has 0 aliphatic carbocycles. The standard InChI is InChI=1S/C43H65N5O10/c1-12-32-43(8)36(48(41(53)58-43)21-17-16-20-47-24-44-38(45-47)30-18-14-13-15-19-30)27(4)33(49)25(2)23-42(7,54-11)37(28(5)34(50)29(6)39(52)56-32)57-40-35(51)31(46(9)10)22-26(3)55-40/h13-15,18-19,24-29,31-32,35-37,40,51H,12,16-17,20-23H2,1-11H3/t25-,26-,27+,28+,29-,31+,32?,35-,36-,37-,40+,42-,43-/m1/s1. The fraction of sp³-hybridized carbons (Fsp3) is 0.721. The minimum Gasteiger partial charge on any atom is -0.458 e. The Morgan fingerprint density at radius 2 is 1.64 bits per heavy atom. The number of amides is 1. The van der Waals surface area contributed by atoms with E-state index in [1.54, 1.807) is 43.6 Å². The average Bonchev–Trinajstić information content (AvgIpc) is 3.78. The van der Waals surface area contributed by atoms with Gasteiger partial charge >= 0.3 is 12.1 Å². The Hall–Kier alpha value is -3.76. The van der Waals surface area contributed by atoms with Gasteiger partial charge in [0.05, 0.1) is 23.9 Å². The summed E-state index contributed by atoms with van der Waals surface area (Å²) in [6.07, 6.45) is -1.17. The summed E-state index contributed by atoms with van der Waals surface area (Å²) in [5.41, 5.74) is -1.76. The van der Waals surface area contributed by atoms with E-state index in [-0.39, 0.29) is 37.3 Å². The smallest absolute Gasteiger partial charge is 0.410 e. The van der Waals surface area contributed by atoms with E-state index in [1.807, 2.05) is 70.1 Å². The summed E-state index contributed by atoms with van der Waals surface area (Å²) in [7, 11) is 5.24. The minimum absolute atomic E-state index is 0.127. The largest absolute Gasteiger partial charge is 0.458 e. The first kappa shape index (κ1) is 45.3. The summed E-state index contributed by atoms with van der Waals surface area (Å²) in [5, 5.41) is 16.0. The van der Waals surface area contributed by atoms with Gasteiger partial charge in [-0.3, -0.25) is 19.1 Å². The van der Waals surface area contributed by atoms with Gasteiger partial charge < -0.3 is 38.6 Å². The van der Waals surface area contributed by atoms with Crippen molar-refractivity contribution in [2.24, 2.45) is 23.7 Å². The molecule has 3 aliphatic rings. The number of aryl methyl sites for hydroxylation is 1. The molecule has 13 atom stereocenters. The van der Waals surface area contributed by atoms with Crippen LogP contribution in [0.25, 0.3) is 11.4 Å². The highest BCUT2D eigenvalue weighted by Gasteiger charge is 2.60. The number of ketones is 2. The fourth-order valence-electron chi connectivity index (χ4n) is 9.39. The van der Waals surface area contributed by atoms with Gasteiger partial charge in [0.15, 0.2) is 23.5 Å². The van der Waals surface area contributed by atoms with E-state index in [0.29, 0.717) is 31.6 Å². The van der Waals surface area contributed by atoms with Crippen molar-refractivity contribution < 1.29 is 48.0 Å². The highest BCUT2D eigenvalue weighted by molar-refractivity contribution is 6.00. The number of hydrogen-bond donors (Lipinski definition) is 1. The molecular formula is C43H65N5O10. The number of ether oxygens (including phenoxy) is 5. The number of cyclic esters (lactones) is 1. The Bertz CT molecular complexity index is 1740. The molecule has 5 rings (SSSR count). The number of hydrogen-bond acceptors (Lipinski definition) is 13. The van der Waals surface area contributed by atoms with Gasteiger partial charge in [-0.1, -0.05) is 58.0 Å². The Morgan fingerprint density at radius 1 is 0.966 bits per heavy atom. The van der Waals surface area contributed by atoms with Crippen molar-refractivity contribution in [3.63, 3.8) is 0 Å². The van der Waals surface area contributed by atoms with E-state index in [9.17, 15) is 24.3 Å². The van der Waals surface area contributed by atoms with Gasteiger partial charge in [-0.25, -0.2) is 9.78 Å². The fourth-order valence-corrected chi connectivity index (χ4v) is 9.39. The SMILES string of the molecule is CCC1OC(=O)[C@H](C)C(=O)[C@H](C)[C@@H](O[C@@H]2O[C@H](C)C[C@H](N(C)C)[C@H]2O)[C@](C)(OC)C[C@@H](C)C(=O)[C@H](C)[C@H]2N(CCCCn3cnc(-c4ccccc4)n3)C(=O)O[C@]12C. The lowest BCUT2D eigenvalue weighted by Crippen LogP contribution is -2.60. The van der Waals surface area contributed by atoms with Gasteiger partial charge in [0, 0.05) is 49.6 Å². The van der Waals surface area contributed by atoms with E-state index >= 15 is 0 Å². The molecule has 1 aromatic heterocycles. The van der Waals surface area contributed by atoms with Crippen LogP contribution in [-0.4, -0.2) is 135 Å². The molecule has 58 heavy (non-hydrogen) atoms. The highest BCUT2D eigenvalue weighted by atomic mass is 16.7. The number of aliphatic hydroxyl groups is 1.